The van der Waals surface area contributed by atoms with E-state index in [4.69, 9.17) is 4.74 Å². The lowest BCUT2D eigenvalue weighted by atomic mass is 9.64. The molecular formula is C126H194N6O9. The summed E-state index contributed by atoms with van der Waals surface area (Å²) in [5.41, 5.74) is 9.55. The zero-order chi connectivity index (χ0) is 104. The first kappa shape index (κ1) is 119. The van der Waals surface area contributed by atoms with Crippen LogP contribution in [0.2, 0.25) is 0 Å². The van der Waals surface area contributed by atoms with Crippen LogP contribution in [0.4, 0.5) is 0 Å². The first-order valence-electron chi connectivity index (χ1n) is 54.8. The van der Waals surface area contributed by atoms with Gasteiger partial charge in [-0.2, -0.15) is 0 Å². The number of hydrogen-bond acceptors (Lipinski definition) is 9. The van der Waals surface area contributed by atoms with Gasteiger partial charge in [0.15, 0.2) is 5.78 Å². The van der Waals surface area contributed by atoms with Crippen molar-refractivity contribution in [2.24, 2.45) is 139 Å². The highest BCUT2D eigenvalue weighted by atomic mass is 16.5. The van der Waals surface area contributed by atoms with Crippen LogP contribution in [-0.2, 0) is 44.7 Å². The summed E-state index contributed by atoms with van der Waals surface area (Å²) in [6, 6.07) is 58.6. The smallest absolute Gasteiger partial charge is 0.303 e. The van der Waals surface area contributed by atoms with Gasteiger partial charge in [0.25, 0.3) is 0 Å². The van der Waals surface area contributed by atoms with Crippen LogP contribution in [0, 0.1) is 146 Å². The summed E-state index contributed by atoms with van der Waals surface area (Å²) >= 11 is 0. The molecule has 6 aromatic rings. The van der Waals surface area contributed by atoms with Crippen LogP contribution in [0.1, 0.15) is 377 Å². The molecule has 141 heavy (non-hydrogen) atoms. The molecule has 6 saturated carbocycles. The zero-order valence-electron chi connectivity index (χ0n) is 93.3. The highest BCUT2D eigenvalue weighted by Gasteiger charge is 2.47. The summed E-state index contributed by atoms with van der Waals surface area (Å²) in [6.07, 6.45) is 20.5. The molecule has 6 aliphatic rings. The molecule has 0 radical (unpaired) electrons. The average molecular weight is 1940 g/mol. The SMILES string of the molecule is CC(=O)OC(CNC(=O)C1CC(C)(C)CCC1C(C)C)c1ccccc1.CC(C)C1CCC(C)(C)CC1C(=O)NCC(=O)c1ccccc1.CC(C)C1CCC(C)(C)CC1C(=O)NC[C@@H](C)c1ccccc1.CC(C)C1CCC(C)(C)CC1C(=O)NC[C@H](C)c1ccccc1.CC(CNC(=O)C1CC(C)(C)CCC1C(C)C)c1ccccc1.Cc1ccc(CCNC(=O)C2CC(C)(C)CCC2C(C)C)cc1. The number of Topliss-reactive ketones (excluding diaryl/α,β-unsaturated/α-hetero) is 1. The zero-order valence-corrected chi connectivity index (χ0v) is 93.3. The summed E-state index contributed by atoms with van der Waals surface area (Å²) in [7, 11) is 0. The van der Waals surface area contributed by atoms with E-state index in [1.54, 1.807) is 12.1 Å². The molecular weight excluding hydrogens is 1740 g/mol. The van der Waals surface area contributed by atoms with Crippen LogP contribution < -0.4 is 31.9 Å². The van der Waals surface area contributed by atoms with E-state index in [9.17, 15) is 38.4 Å². The number of amides is 6. The van der Waals surface area contributed by atoms with Crippen LogP contribution in [-0.4, -0.2) is 86.5 Å². The molecule has 782 valence electrons. The highest BCUT2D eigenvalue weighted by molar-refractivity contribution is 5.99. The van der Waals surface area contributed by atoms with E-state index >= 15 is 0 Å². The summed E-state index contributed by atoms with van der Waals surface area (Å²) in [5, 5.41) is 18.8. The van der Waals surface area contributed by atoms with E-state index in [1.165, 1.54) is 98.9 Å². The van der Waals surface area contributed by atoms with Gasteiger partial charge in [0.2, 0.25) is 35.4 Å². The molecule has 0 spiro atoms. The second-order valence-electron chi connectivity index (χ2n) is 50.5. The summed E-state index contributed by atoms with van der Waals surface area (Å²) in [5.74, 6) is 8.81. The predicted molar refractivity (Wildman–Crippen MR) is 586 cm³/mol. The van der Waals surface area contributed by atoms with E-state index in [-0.39, 0.29) is 100 Å². The van der Waals surface area contributed by atoms with Crippen molar-refractivity contribution in [3.8, 4) is 0 Å². The summed E-state index contributed by atoms with van der Waals surface area (Å²) in [6.45, 7) is 67.6. The Balaban J connectivity index is 0.000000230. The monoisotopic (exact) mass is 1940 g/mol. The lowest BCUT2D eigenvalue weighted by Gasteiger charge is -2.41. The van der Waals surface area contributed by atoms with Gasteiger partial charge in [-0.15, -0.1) is 0 Å². The van der Waals surface area contributed by atoms with E-state index in [1.807, 2.05) is 66.7 Å². The number of aryl methyl sites for hydroxylation is 1. The molecule has 6 aromatic carbocycles. The number of ether oxygens (including phenoxy) is 1. The Hall–Kier alpha value is -8.72. The topological polar surface area (TPSA) is 218 Å². The molecule has 6 fully saturated rings. The fourth-order valence-electron chi connectivity index (χ4n) is 23.7. The lowest BCUT2D eigenvalue weighted by Crippen LogP contribution is -2.43. The quantitative estimate of drug-likeness (QED) is 0.0180. The van der Waals surface area contributed by atoms with E-state index in [0.717, 1.165) is 89.5 Å². The van der Waals surface area contributed by atoms with Crippen molar-refractivity contribution in [1.29, 1.82) is 0 Å². The van der Waals surface area contributed by atoms with Crippen molar-refractivity contribution < 1.29 is 43.1 Å². The summed E-state index contributed by atoms with van der Waals surface area (Å²) < 4.78 is 5.44. The van der Waals surface area contributed by atoms with Gasteiger partial charge < -0.3 is 36.6 Å². The fourth-order valence-corrected chi connectivity index (χ4v) is 23.7. The molecule has 6 amide bonds. The van der Waals surface area contributed by atoms with Gasteiger partial charge in [-0.3, -0.25) is 38.4 Å². The number of hydrogen-bond donors (Lipinski definition) is 6. The molecule has 12 rings (SSSR count). The molecule has 0 saturated heterocycles. The van der Waals surface area contributed by atoms with Crippen molar-refractivity contribution in [2.75, 3.05) is 39.3 Å². The molecule has 15 heteroatoms. The van der Waals surface area contributed by atoms with Gasteiger partial charge in [-0.25, -0.2) is 0 Å². The molecule has 0 aromatic heterocycles. The lowest BCUT2D eigenvalue weighted by molar-refractivity contribution is -0.147. The largest absolute Gasteiger partial charge is 0.456 e. The molecule has 16 atom stereocenters. The Morgan fingerprint density at radius 3 is 0.766 bits per heavy atom. The molecule has 6 N–H and O–H groups in total. The Morgan fingerprint density at radius 2 is 0.518 bits per heavy atom. The number of benzene rings is 6. The number of carbonyl (C=O) groups is 8. The maximum Gasteiger partial charge on any atom is 0.303 e. The summed E-state index contributed by atoms with van der Waals surface area (Å²) in [4.78, 5) is 100. The third kappa shape index (κ3) is 40.0. The molecule has 14 unspecified atom stereocenters. The second kappa shape index (κ2) is 56.1. The van der Waals surface area contributed by atoms with Crippen LogP contribution in [0.25, 0.3) is 0 Å². The van der Waals surface area contributed by atoms with Gasteiger partial charge in [-0.1, -0.05) is 368 Å². The minimum Gasteiger partial charge on any atom is -0.456 e. The van der Waals surface area contributed by atoms with Crippen molar-refractivity contribution >= 4 is 47.2 Å². The van der Waals surface area contributed by atoms with Gasteiger partial charge in [0, 0.05) is 74.2 Å². The maximum atomic E-state index is 13.0. The second-order valence-corrected chi connectivity index (χ2v) is 50.5. The fraction of sp³-hybridized carbons (Fsp3) is 0.651. The first-order chi connectivity index (χ1) is 66.2. The number of carbonyl (C=O) groups excluding carboxylic acids is 8. The van der Waals surface area contributed by atoms with Crippen LogP contribution >= 0.6 is 0 Å². The Kier molecular flexibility index (Phi) is 47.4. The van der Waals surface area contributed by atoms with Gasteiger partial charge >= 0.3 is 5.97 Å². The highest BCUT2D eigenvalue weighted by Crippen LogP contribution is 2.51. The predicted octanol–water partition coefficient (Wildman–Crippen LogP) is 28.4. The number of esters is 1. The Labute approximate surface area is 856 Å². The Bertz CT molecular complexity index is 4500. The third-order valence-corrected chi connectivity index (χ3v) is 33.0. The van der Waals surface area contributed by atoms with Crippen LogP contribution in [0.3, 0.4) is 0 Å². The number of ketones is 1. The number of rotatable bonds is 31. The van der Waals surface area contributed by atoms with Gasteiger partial charge in [-0.05, 0) is 278 Å². The third-order valence-electron chi connectivity index (χ3n) is 33.0. The van der Waals surface area contributed by atoms with Crippen molar-refractivity contribution in [3.05, 3.63) is 215 Å². The maximum absolute atomic E-state index is 13.0. The molecule has 15 nitrogen and oxygen atoms in total. The molecule has 0 bridgehead atoms. The first-order valence-corrected chi connectivity index (χ1v) is 54.8. The van der Waals surface area contributed by atoms with E-state index < -0.39 is 6.10 Å². The molecule has 0 aliphatic heterocycles. The Morgan fingerprint density at radius 1 is 0.291 bits per heavy atom. The van der Waals surface area contributed by atoms with Crippen LogP contribution in [0.15, 0.2) is 176 Å². The van der Waals surface area contributed by atoms with Crippen molar-refractivity contribution in [1.82, 2.24) is 31.9 Å². The van der Waals surface area contributed by atoms with Gasteiger partial charge in [0.1, 0.15) is 6.10 Å². The number of nitrogens with one attached hydrogen (secondary N) is 6. The van der Waals surface area contributed by atoms with E-state index in [0.29, 0.717) is 123 Å². The molecule has 6 aliphatic carbocycles. The average Bonchev–Trinajstić information content (AvgIpc) is 0.828. The minimum atomic E-state index is -0.452. The van der Waals surface area contributed by atoms with E-state index in [2.05, 4.69) is 323 Å². The van der Waals surface area contributed by atoms with Crippen molar-refractivity contribution in [2.45, 2.75) is 347 Å². The molecule has 0 heterocycles. The standard InChI is InChI=1S/C22H33NO3.4C21H33NO.C20H29NO2/c1-15(2)18-11-12-22(4,5)13-19(18)21(25)23-14-20(26-16(3)24)17-9-7-6-8-10-17;1-15(2)18-10-12-21(4,5)14-19(18)20(23)22-13-11-17-8-6-16(3)7-9-17;3*1-15(2)18-11-12-21(4,5)13-19(18)20(23)22-14-16(3)17-9-7-6-8-10-17;1-14(2)16-10-11-20(3,4)12-17(16)19(23)21-13-18(22)15-8-6-5-7-9-15/h6-10,15,18-20H,11-14H2,1-5H3,(H,23,25);6-9,15,18-19H,10-14H2,1-5H3,(H,22,23);3*6-10,15-16,18-19H,11-14H2,1-5H3,(H,22,23);5-9,14,16-17H,10-13H2,1-4H3,(H,21,23)/t;;2*16-,18?,19?;;/m..10../s1. The normalized spacial score (nSPS) is 24.3. The van der Waals surface area contributed by atoms with Crippen LogP contribution in [0.5, 0.6) is 0 Å². The van der Waals surface area contributed by atoms with Crippen molar-refractivity contribution in [3.63, 3.8) is 0 Å². The minimum absolute atomic E-state index is 0.0160. The van der Waals surface area contributed by atoms with Gasteiger partial charge in [0.05, 0.1) is 13.1 Å².